The number of fused-ring (bicyclic) bond motifs is 4. The first-order chi connectivity index (χ1) is 45.8. The number of amides is 4. The highest BCUT2D eigenvalue weighted by Crippen LogP contribution is 2.44. The molecule has 6 aromatic carbocycles. The SMILES string of the molecule is Cc1cc2c(cc1C)NC(c1ccc(Br)cc1)C1=C(CNC1=O)N2.O=C1NCC2=C1C(c1ccc(Br)s1)Nc1ccccc1N2.O=C1NCC2=C1C(c1cnc(-c3ccccc3)nc1)Nc1ccccc1N2.O=C1NCC2=C1[C@H](c1ccc(Br)cc1)N[C@@H]1CCCC[C@H]1N2. The number of nitrogens with zero attached hydrogens (tertiary/aromatic N) is 2. The second kappa shape index (κ2) is 27.1. The Labute approximate surface area is 573 Å². The number of aromatic nitrogens is 2. The lowest BCUT2D eigenvalue weighted by atomic mass is 9.89. The summed E-state index contributed by atoms with van der Waals surface area (Å²) < 4.78 is 3.14. The lowest BCUT2D eigenvalue weighted by molar-refractivity contribution is -0.117. The number of carbonyl (C=O) groups is 4. The standard InChI is InChI=1S/C21H17N5O.C19H18BrN3O.C17H20BrN3O.C15H12BrN3OS/c27-21-18-17(12-24-21)25-15-8-4-5-9-16(15)26-19(18)14-10-22-20(23-11-14)13-6-2-1-3-7-13;1-10-7-14-15(8-11(10)2)23-18(12-3-5-13(20)6-4-12)17-16(22-14)9-21-19(17)24;18-11-7-5-10(6-8-11)16-15-14(9-19-17(15)22)20-12-3-1-2-4-13(12)21-16;16-12-6-5-11(21-12)14-13-10(7-17-15(13)20)18-8-3-1-2-4-9(8)19-14/h1-11,19,25-26H,12H2,(H,24,27);3-8,18,22-23H,9H2,1-2H3,(H,21,24);5-8,12-13,16,20-21H,1-4,9H2,(H,19,22);1-6,14,18-19H,7H2,(H,17,20)/t;;12-,13-,16+;/m..1./s1. The Morgan fingerprint density at radius 1 is 0.415 bits per heavy atom. The van der Waals surface area contributed by atoms with Gasteiger partial charge in [-0.2, -0.15) is 0 Å². The van der Waals surface area contributed by atoms with Crippen LogP contribution in [0.15, 0.2) is 222 Å². The zero-order valence-corrected chi connectivity index (χ0v) is 56.9. The first-order valence-electron chi connectivity index (χ1n) is 31.4. The van der Waals surface area contributed by atoms with Crippen LogP contribution >= 0.6 is 59.1 Å². The van der Waals surface area contributed by atoms with Crippen LogP contribution in [0.1, 0.15) is 82.5 Å². The van der Waals surface area contributed by atoms with Gasteiger partial charge in [-0.15, -0.1) is 11.3 Å². The number of halogens is 3. The largest absolute Gasteiger partial charge is 0.382 e. The van der Waals surface area contributed by atoms with E-state index in [1.807, 2.05) is 121 Å². The molecule has 4 amide bonds. The van der Waals surface area contributed by atoms with E-state index in [0.29, 0.717) is 49.7 Å². The van der Waals surface area contributed by atoms with E-state index in [2.05, 4.69) is 166 Å². The Morgan fingerprint density at radius 2 is 0.851 bits per heavy atom. The van der Waals surface area contributed by atoms with E-state index in [4.69, 9.17) is 0 Å². The van der Waals surface area contributed by atoms with Gasteiger partial charge in [-0.25, -0.2) is 9.97 Å². The van der Waals surface area contributed by atoms with Crippen molar-refractivity contribution in [3.05, 3.63) is 255 Å². The van der Waals surface area contributed by atoms with Gasteiger partial charge in [0.2, 0.25) is 0 Å². The molecule has 1 fully saturated rings. The quantitative estimate of drug-likeness (QED) is 0.0768. The number of nitrogens with one attached hydrogen (secondary N) is 12. The van der Waals surface area contributed by atoms with Crippen LogP contribution in [0.4, 0.5) is 34.1 Å². The first-order valence-corrected chi connectivity index (χ1v) is 34.6. The molecule has 3 unspecified atom stereocenters. The lowest BCUT2D eigenvalue weighted by Gasteiger charge is -2.34. The van der Waals surface area contributed by atoms with Gasteiger partial charge < -0.3 is 63.8 Å². The molecular formula is C72H67Br3N14O4S. The van der Waals surface area contributed by atoms with Crippen molar-refractivity contribution >= 4 is 117 Å². The molecule has 8 aliphatic heterocycles. The maximum atomic E-state index is 12.5. The number of aryl methyl sites for hydroxylation is 2. The van der Waals surface area contributed by atoms with Crippen molar-refractivity contribution in [1.29, 1.82) is 0 Å². The fourth-order valence-electron chi connectivity index (χ4n) is 13.3. The Balaban J connectivity index is 0.000000109. The van der Waals surface area contributed by atoms with Gasteiger partial charge in [-0.3, -0.25) is 19.2 Å². The van der Waals surface area contributed by atoms with Crippen molar-refractivity contribution < 1.29 is 19.2 Å². The molecule has 22 heteroatoms. The second-order valence-electron chi connectivity index (χ2n) is 24.2. The maximum absolute atomic E-state index is 12.5. The van der Waals surface area contributed by atoms with Gasteiger partial charge in [-0.1, -0.05) is 124 Å². The molecule has 2 aromatic heterocycles. The molecule has 476 valence electrons. The maximum Gasteiger partial charge on any atom is 0.251 e. The first kappa shape index (κ1) is 62.4. The molecule has 9 aliphatic rings. The topological polar surface area (TPSA) is 238 Å². The molecule has 1 saturated carbocycles. The van der Waals surface area contributed by atoms with Gasteiger partial charge in [-0.05, 0) is 138 Å². The fourth-order valence-corrected chi connectivity index (χ4v) is 15.3. The third-order valence-corrected chi connectivity index (χ3v) is 21.0. The summed E-state index contributed by atoms with van der Waals surface area (Å²) in [6.07, 6.45) is 8.46. The average molecular weight is 1460 g/mol. The summed E-state index contributed by atoms with van der Waals surface area (Å²) in [5.41, 5.74) is 19.4. The smallest absolute Gasteiger partial charge is 0.251 e. The second-order valence-corrected chi connectivity index (χ2v) is 28.5. The van der Waals surface area contributed by atoms with Gasteiger partial charge in [0.1, 0.15) is 0 Å². The van der Waals surface area contributed by atoms with Crippen molar-refractivity contribution in [2.24, 2.45) is 0 Å². The van der Waals surface area contributed by atoms with Crippen LogP contribution in [-0.2, 0) is 19.2 Å². The number of hydrogen-bond acceptors (Lipinski definition) is 15. The van der Waals surface area contributed by atoms with E-state index < -0.39 is 0 Å². The van der Waals surface area contributed by atoms with Crippen molar-refractivity contribution in [2.75, 3.05) is 58.1 Å². The lowest BCUT2D eigenvalue weighted by Crippen LogP contribution is -2.49. The summed E-state index contributed by atoms with van der Waals surface area (Å²) in [5, 5.41) is 39.9. The molecular weight excluding hydrogens is 1400 g/mol. The average Bonchev–Trinajstić information content (AvgIpc) is 1.68. The molecule has 17 rings (SSSR count). The van der Waals surface area contributed by atoms with Crippen LogP contribution < -0.4 is 63.8 Å². The molecule has 94 heavy (non-hydrogen) atoms. The van der Waals surface area contributed by atoms with Gasteiger partial charge in [0.25, 0.3) is 23.6 Å². The van der Waals surface area contributed by atoms with E-state index >= 15 is 0 Å². The highest BCUT2D eigenvalue weighted by atomic mass is 79.9. The molecule has 8 aromatic rings. The van der Waals surface area contributed by atoms with E-state index in [1.54, 1.807) is 23.7 Å². The number of anilines is 6. The van der Waals surface area contributed by atoms with E-state index in [0.717, 1.165) is 113 Å². The van der Waals surface area contributed by atoms with Crippen LogP contribution in [-0.4, -0.2) is 71.9 Å². The van der Waals surface area contributed by atoms with E-state index in [-0.39, 0.29) is 47.8 Å². The number of hydrogen-bond donors (Lipinski definition) is 12. The van der Waals surface area contributed by atoms with Gasteiger partial charge in [0.05, 0.1) is 111 Å². The number of benzene rings is 6. The van der Waals surface area contributed by atoms with Gasteiger partial charge in [0.15, 0.2) is 5.82 Å². The molecule has 18 nitrogen and oxygen atoms in total. The summed E-state index contributed by atoms with van der Waals surface area (Å²) in [7, 11) is 0. The fraction of sp³-hybridized carbons (Fsp3) is 0.222. The summed E-state index contributed by atoms with van der Waals surface area (Å²) in [5.74, 6) is 0.625. The van der Waals surface area contributed by atoms with E-state index in [1.165, 1.54) is 36.8 Å². The third kappa shape index (κ3) is 13.0. The minimum atomic E-state index is -0.316. The number of carbonyl (C=O) groups excluding carboxylic acids is 4. The van der Waals surface area contributed by atoms with Crippen molar-refractivity contribution in [3.8, 4) is 11.4 Å². The van der Waals surface area contributed by atoms with Crippen molar-refractivity contribution in [1.82, 2.24) is 41.9 Å². The molecule has 0 radical (unpaired) electrons. The monoisotopic (exact) mass is 1460 g/mol. The summed E-state index contributed by atoms with van der Waals surface area (Å²) >= 11 is 12.1. The molecule has 1 aliphatic carbocycles. The van der Waals surface area contributed by atoms with Gasteiger partial charge in [0, 0.05) is 72.2 Å². The number of thiophene rings is 1. The Hall–Kier alpha value is -9.06. The third-order valence-electron chi connectivity index (χ3n) is 18.2. The zero-order valence-electron chi connectivity index (χ0n) is 51.3. The molecule has 0 saturated heterocycles. The summed E-state index contributed by atoms with van der Waals surface area (Å²) in [4.78, 5) is 59.7. The Bertz CT molecular complexity index is 4420. The van der Waals surface area contributed by atoms with Crippen LogP contribution in [0.5, 0.6) is 0 Å². The predicted octanol–water partition coefficient (Wildman–Crippen LogP) is 13.0. The number of para-hydroxylation sites is 4. The molecule has 0 spiro atoms. The van der Waals surface area contributed by atoms with Crippen molar-refractivity contribution in [3.63, 3.8) is 0 Å². The molecule has 6 atom stereocenters. The predicted molar refractivity (Wildman–Crippen MR) is 382 cm³/mol. The Kier molecular flexibility index (Phi) is 18.0. The highest BCUT2D eigenvalue weighted by Gasteiger charge is 2.41. The van der Waals surface area contributed by atoms with Crippen LogP contribution in [0.3, 0.4) is 0 Å². The highest BCUT2D eigenvalue weighted by molar-refractivity contribution is 9.11. The normalized spacial score (nSPS) is 21.7. The van der Waals surface area contributed by atoms with Crippen LogP contribution in [0, 0.1) is 13.8 Å². The Morgan fingerprint density at radius 3 is 1.39 bits per heavy atom. The number of rotatable bonds is 5. The summed E-state index contributed by atoms with van der Waals surface area (Å²) in [6, 6.07) is 50.7. The van der Waals surface area contributed by atoms with Crippen molar-refractivity contribution in [2.45, 2.75) is 75.8 Å². The van der Waals surface area contributed by atoms with Crippen LogP contribution in [0.25, 0.3) is 11.4 Å². The minimum Gasteiger partial charge on any atom is -0.382 e. The van der Waals surface area contributed by atoms with E-state index in [9.17, 15) is 19.2 Å². The molecule has 10 heterocycles. The molecule has 12 N–H and O–H groups in total. The van der Waals surface area contributed by atoms with Crippen LogP contribution in [0.2, 0.25) is 0 Å². The summed E-state index contributed by atoms with van der Waals surface area (Å²) in [6.45, 7) is 6.41. The van der Waals surface area contributed by atoms with Gasteiger partial charge >= 0.3 is 0 Å². The minimum absolute atomic E-state index is 0.00710. The zero-order chi connectivity index (χ0) is 64.6. The molecule has 0 bridgehead atoms.